The summed E-state index contributed by atoms with van der Waals surface area (Å²) in [7, 11) is 0. The lowest BCUT2D eigenvalue weighted by Crippen LogP contribution is -2.05. The summed E-state index contributed by atoms with van der Waals surface area (Å²) < 4.78 is 0. The van der Waals surface area contributed by atoms with E-state index in [0.29, 0.717) is 24.3 Å². The molecule has 0 amide bonds. The van der Waals surface area contributed by atoms with Gasteiger partial charge in [-0.2, -0.15) is 0 Å². The number of ketones is 1. The minimum Gasteiger partial charge on any atom is -0.478 e. The van der Waals surface area contributed by atoms with E-state index in [2.05, 4.69) is 0 Å². The largest absolute Gasteiger partial charge is 0.478 e. The zero-order valence-electron chi connectivity index (χ0n) is 9.00. The molecule has 0 radical (unpaired) electrons. The van der Waals surface area contributed by atoms with Gasteiger partial charge < -0.3 is 5.11 Å². The molecule has 4 heteroatoms. The highest BCUT2D eigenvalue weighted by molar-refractivity contribution is 6.18. The van der Waals surface area contributed by atoms with Gasteiger partial charge in [0, 0.05) is 17.9 Å². The van der Waals surface area contributed by atoms with Gasteiger partial charge in [-0.1, -0.05) is 6.07 Å². The second kappa shape index (κ2) is 5.66. The lowest BCUT2D eigenvalue weighted by molar-refractivity contribution is 0.0697. The van der Waals surface area contributed by atoms with Crippen molar-refractivity contribution in [3.05, 3.63) is 34.9 Å². The molecule has 0 unspecified atom stereocenters. The highest BCUT2D eigenvalue weighted by Crippen LogP contribution is 2.14. The fourth-order valence-corrected chi connectivity index (χ4v) is 1.55. The molecule has 1 aromatic rings. The van der Waals surface area contributed by atoms with Crippen LogP contribution in [0.3, 0.4) is 0 Å². The van der Waals surface area contributed by atoms with Crippen LogP contribution in [0.5, 0.6) is 0 Å². The number of Topliss-reactive ketones (excluding diaryl/α,β-unsaturated/α-hetero) is 1. The highest BCUT2D eigenvalue weighted by atomic mass is 35.5. The Morgan fingerprint density at radius 2 is 2.06 bits per heavy atom. The minimum absolute atomic E-state index is 0.0544. The van der Waals surface area contributed by atoms with Crippen LogP contribution in [-0.4, -0.2) is 22.7 Å². The van der Waals surface area contributed by atoms with Gasteiger partial charge in [0.25, 0.3) is 0 Å². The van der Waals surface area contributed by atoms with Gasteiger partial charge in [0.05, 0.1) is 5.56 Å². The summed E-state index contributed by atoms with van der Waals surface area (Å²) in [5.74, 6) is -0.642. The van der Waals surface area contributed by atoms with Crippen molar-refractivity contribution in [3.8, 4) is 0 Å². The normalized spacial score (nSPS) is 10.1. The van der Waals surface area contributed by atoms with E-state index in [-0.39, 0.29) is 11.3 Å². The molecule has 0 aromatic heterocycles. The Bertz CT molecular complexity index is 413. The molecule has 3 nitrogen and oxygen atoms in total. The van der Waals surface area contributed by atoms with Gasteiger partial charge in [-0.3, -0.25) is 4.79 Å². The number of carbonyl (C=O) groups excluding carboxylic acids is 1. The van der Waals surface area contributed by atoms with Crippen LogP contribution < -0.4 is 0 Å². The molecule has 1 N–H and O–H groups in total. The Morgan fingerprint density at radius 1 is 1.38 bits per heavy atom. The molecule has 0 aliphatic heterocycles. The number of carboxylic acids is 1. The van der Waals surface area contributed by atoms with Gasteiger partial charge in [-0.15, -0.1) is 11.6 Å². The summed E-state index contributed by atoms with van der Waals surface area (Å²) in [5.41, 5.74) is 1.41. The quantitative estimate of drug-likeness (QED) is 0.636. The van der Waals surface area contributed by atoms with E-state index in [4.69, 9.17) is 16.7 Å². The zero-order valence-corrected chi connectivity index (χ0v) is 9.75. The topological polar surface area (TPSA) is 54.4 Å². The first-order valence-corrected chi connectivity index (χ1v) is 5.53. The fraction of sp³-hybridized carbons (Fsp3) is 0.333. The van der Waals surface area contributed by atoms with Crippen molar-refractivity contribution in [2.24, 2.45) is 0 Å². The second-order valence-electron chi connectivity index (χ2n) is 3.55. The van der Waals surface area contributed by atoms with E-state index < -0.39 is 5.97 Å². The van der Waals surface area contributed by atoms with Crippen LogP contribution in [0.1, 0.15) is 39.1 Å². The van der Waals surface area contributed by atoms with E-state index in [9.17, 15) is 9.59 Å². The van der Waals surface area contributed by atoms with Crippen LogP contribution in [0, 0.1) is 6.92 Å². The average Bonchev–Trinajstić information content (AvgIpc) is 2.26. The van der Waals surface area contributed by atoms with Crippen molar-refractivity contribution >= 4 is 23.4 Å². The van der Waals surface area contributed by atoms with Gasteiger partial charge in [0.15, 0.2) is 5.78 Å². The molecule has 1 aromatic carbocycles. The molecule has 0 aliphatic rings. The van der Waals surface area contributed by atoms with Gasteiger partial charge in [0.2, 0.25) is 0 Å². The third-order valence-electron chi connectivity index (χ3n) is 2.32. The smallest absolute Gasteiger partial charge is 0.335 e. The SMILES string of the molecule is Cc1ccc(C(=O)O)cc1C(=O)CCCCl. The predicted molar refractivity (Wildman–Crippen MR) is 62.4 cm³/mol. The summed E-state index contributed by atoms with van der Waals surface area (Å²) in [6, 6.07) is 4.57. The number of carboxylic acid groups (broad SMARTS) is 1. The first-order chi connectivity index (χ1) is 7.56. The lowest BCUT2D eigenvalue weighted by Gasteiger charge is -2.05. The Morgan fingerprint density at radius 3 is 2.62 bits per heavy atom. The maximum Gasteiger partial charge on any atom is 0.335 e. The Labute approximate surface area is 99.0 Å². The van der Waals surface area contributed by atoms with Crippen molar-refractivity contribution in [1.29, 1.82) is 0 Å². The summed E-state index contributed by atoms with van der Waals surface area (Å²) >= 11 is 5.51. The number of rotatable bonds is 5. The van der Waals surface area contributed by atoms with Crippen LogP contribution >= 0.6 is 11.6 Å². The molecule has 0 fully saturated rings. The summed E-state index contributed by atoms with van der Waals surface area (Å²) in [5, 5.41) is 8.83. The monoisotopic (exact) mass is 240 g/mol. The first kappa shape index (κ1) is 12.7. The van der Waals surface area contributed by atoms with Gasteiger partial charge in [-0.05, 0) is 31.0 Å². The van der Waals surface area contributed by atoms with Crippen LogP contribution in [-0.2, 0) is 0 Å². The Balaban J connectivity index is 2.97. The highest BCUT2D eigenvalue weighted by Gasteiger charge is 2.12. The second-order valence-corrected chi connectivity index (χ2v) is 3.93. The van der Waals surface area contributed by atoms with E-state index in [1.54, 1.807) is 13.0 Å². The standard InChI is InChI=1S/C12H13ClO3/c1-8-4-5-9(12(15)16)7-10(8)11(14)3-2-6-13/h4-5,7H,2-3,6H2,1H3,(H,15,16). The number of hydrogen-bond acceptors (Lipinski definition) is 2. The third-order valence-corrected chi connectivity index (χ3v) is 2.59. The summed E-state index contributed by atoms with van der Waals surface area (Å²) in [6.07, 6.45) is 0.963. The van der Waals surface area contributed by atoms with Crippen molar-refractivity contribution in [1.82, 2.24) is 0 Å². The molecule has 0 atom stereocenters. The van der Waals surface area contributed by atoms with Crippen LogP contribution in [0.25, 0.3) is 0 Å². The van der Waals surface area contributed by atoms with Gasteiger partial charge in [-0.25, -0.2) is 4.79 Å². The van der Waals surface area contributed by atoms with Crippen molar-refractivity contribution < 1.29 is 14.7 Å². The van der Waals surface area contributed by atoms with E-state index in [1.807, 2.05) is 0 Å². The molecule has 0 aliphatic carbocycles. The molecule has 86 valence electrons. The first-order valence-electron chi connectivity index (χ1n) is 4.99. The molecule has 1 rings (SSSR count). The van der Waals surface area contributed by atoms with Crippen LogP contribution in [0.2, 0.25) is 0 Å². The van der Waals surface area contributed by atoms with Crippen molar-refractivity contribution in [2.75, 3.05) is 5.88 Å². The number of benzene rings is 1. The van der Waals surface area contributed by atoms with E-state index in [0.717, 1.165) is 5.56 Å². The molecule has 0 saturated carbocycles. The summed E-state index contributed by atoms with van der Waals surface area (Å²) in [4.78, 5) is 22.5. The molecule has 0 spiro atoms. The van der Waals surface area contributed by atoms with E-state index >= 15 is 0 Å². The van der Waals surface area contributed by atoms with Crippen molar-refractivity contribution in [3.63, 3.8) is 0 Å². The fourth-order valence-electron chi connectivity index (χ4n) is 1.42. The maximum atomic E-state index is 11.7. The maximum absolute atomic E-state index is 11.7. The Kier molecular flexibility index (Phi) is 4.50. The number of aromatic carboxylic acids is 1. The molecule has 0 heterocycles. The van der Waals surface area contributed by atoms with Gasteiger partial charge in [0.1, 0.15) is 0 Å². The average molecular weight is 241 g/mol. The predicted octanol–water partition coefficient (Wildman–Crippen LogP) is 2.89. The number of alkyl halides is 1. The minimum atomic E-state index is -1.02. The molecule has 16 heavy (non-hydrogen) atoms. The Hall–Kier alpha value is -1.35. The third kappa shape index (κ3) is 3.07. The number of halogens is 1. The molecule has 0 saturated heterocycles. The van der Waals surface area contributed by atoms with Crippen LogP contribution in [0.15, 0.2) is 18.2 Å². The number of carbonyl (C=O) groups is 2. The molecule has 0 bridgehead atoms. The number of aryl methyl sites for hydroxylation is 1. The zero-order chi connectivity index (χ0) is 12.1. The molecular weight excluding hydrogens is 228 g/mol. The lowest BCUT2D eigenvalue weighted by atomic mass is 9.99. The van der Waals surface area contributed by atoms with Crippen molar-refractivity contribution in [2.45, 2.75) is 19.8 Å². The van der Waals surface area contributed by atoms with E-state index in [1.165, 1.54) is 12.1 Å². The summed E-state index contributed by atoms with van der Waals surface area (Å²) in [6.45, 7) is 1.79. The van der Waals surface area contributed by atoms with Crippen LogP contribution in [0.4, 0.5) is 0 Å². The number of hydrogen-bond donors (Lipinski definition) is 1. The van der Waals surface area contributed by atoms with Gasteiger partial charge >= 0.3 is 5.97 Å². The molecular formula is C12H13ClO3.